The molecule has 8 heteroatoms. The molecule has 0 radical (unpaired) electrons. The van der Waals surface area contributed by atoms with E-state index in [1.165, 1.54) is 0 Å². The number of aryl methyl sites for hydroxylation is 2. The highest BCUT2D eigenvalue weighted by Gasteiger charge is 2.26. The molecule has 2 aromatic rings. The summed E-state index contributed by atoms with van der Waals surface area (Å²) in [5.41, 5.74) is 0. The Kier molecular flexibility index (Phi) is 5.50. The van der Waals surface area contributed by atoms with Crippen LogP contribution >= 0.6 is 0 Å². The molecule has 0 bridgehead atoms. The number of hydrogen-bond donors (Lipinski definition) is 1. The first kappa shape index (κ1) is 17.6. The Bertz CT molecular complexity index is 711. The second kappa shape index (κ2) is 7.79. The fraction of sp³-hybridized carbons (Fsp3) is 0.588. The topological polar surface area (TPSA) is 87.6 Å². The first-order valence-electron chi connectivity index (χ1n) is 8.56. The molecule has 1 aliphatic rings. The Hall–Kier alpha value is -2.19. The van der Waals surface area contributed by atoms with Crippen molar-refractivity contribution in [1.82, 2.24) is 19.9 Å². The van der Waals surface area contributed by atoms with E-state index in [1.54, 1.807) is 19.2 Å². The van der Waals surface area contributed by atoms with Gasteiger partial charge in [-0.05, 0) is 33.9 Å². The van der Waals surface area contributed by atoms with E-state index in [4.69, 9.17) is 8.94 Å². The maximum Gasteiger partial charge on any atom is 0.226 e. The summed E-state index contributed by atoms with van der Waals surface area (Å²) in [5.74, 6) is 2.70. The van der Waals surface area contributed by atoms with Crippen LogP contribution in [0.5, 0.6) is 0 Å². The van der Waals surface area contributed by atoms with E-state index in [9.17, 15) is 4.79 Å². The van der Waals surface area contributed by atoms with Crippen molar-refractivity contribution in [3.05, 3.63) is 29.7 Å². The molecule has 1 N–H and O–H groups in total. The average molecular weight is 347 g/mol. The summed E-state index contributed by atoms with van der Waals surface area (Å²) in [6.45, 7) is 7.09. The van der Waals surface area contributed by atoms with Gasteiger partial charge in [-0.1, -0.05) is 5.16 Å². The first-order chi connectivity index (χ1) is 12.0. The Balaban J connectivity index is 1.39. The molecule has 0 aliphatic carbocycles. The Morgan fingerprint density at radius 2 is 2.28 bits per heavy atom. The zero-order valence-corrected chi connectivity index (χ0v) is 15.0. The third kappa shape index (κ3) is 4.90. The summed E-state index contributed by atoms with van der Waals surface area (Å²) >= 11 is 0. The normalized spacial score (nSPS) is 18.2. The second-order valence-corrected chi connectivity index (χ2v) is 6.64. The van der Waals surface area contributed by atoms with Crippen molar-refractivity contribution in [3.8, 4) is 0 Å². The van der Waals surface area contributed by atoms with Crippen LogP contribution in [0.1, 0.15) is 30.3 Å². The van der Waals surface area contributed by atoms with Gasteiger partial charge in [0.15, 0.2) is 5.82 Å². The van der Waals surface area contributed by atoms with Gasteiger partial charge in [-0.3, -0.25) is 9.69 Å². The summed E-state index contributed by atoms with van der Waals surface area (Å²) in [6, 6.07) is 2.16. The van der Waals surface area contributed by atoms with Gasteiger partial charge in [0.25, 0.3) is 0 Å². The van der Waals surface area contributed by atoms with Gasteiger partial charge in [0, 0.05) is 31.6 Å². The van der Waals surface area contributed by atoms with Crippen molar-refractivity contribution < 1.29 is 13.7 Å². The van der Waals surface area contributed by atoms with Crippen LogP contribution in [0.2, 0.25) is 0 Å². The summed E-state index contributed by atoms with van der Waals surface area (Å²) < 4.78 is 10.5. The number of likely N-dealkylation sites (N-methyl/N-ethyl adjacent to an activating group) is 1. The van der Waals surface area contributed by atoms with Gasteiger partial charge in [-0.2, -0.15) is 0 Å². The van der Waals surface area contributed by atoms with Gasteiger partial charge in [-0.25, -0.2) is 4.98 Å². The van der Waals surface area contributed by atoms with Crippen molar-refractivity contribution in [2.75, 3.05) is 32.0 Å². The minimum Gasteiger partial charge on any atom is -0.445 e. The van der Waals surface area contributed by atoms with Crippen molar-refractivity contribution in [3.63, 3.8) is 0 Å². The minimum atomic E-state index is -0.0413. The average Bonchev–Trinajstić information content (AvgIpc) is 3.28. The van der Waals surface area contributed by atoms with Gasteiger partial charge >= 0.3 is 0 Å². The highest BCUT2D eigenvalue weighted by Crippen LogP contribution is 2.17. The Labute approximate surface area is 147 Å². The molecule has 3 heterocycles. The maximum atomic E-state index is 12.0. The molecule has 8 nitrogen and oxygen atoms in total. The fourth-order valence-electron chi connectivity index (χ4n) is 3.08. The van der Waals surface area contributed by atoms with E-state index in [0.717, 1.165) is 37.7 Å². The van der Waals surface area contributed by atoms with Crippen molar-refractivity contribution in [2.24, 2.45) is 0 Å². The number of likely N-dealkylation sites (tertiary alicyclic amines) is 1. The lowest BCUT2D eigenvalue weighted by molar-refractivity contribution is -0.116. The molecule has 0 aromatic carbocycles. The molecule has 3 rings (SSSR count). The zero-order chi connectivity index (χ0) is 17.8. The number of amides is 1. The van der Waals surface area contributed by atoms with Crippen molar-refractivity contribution >= 4 is 11.7 Å². The van der Waals surface area contributed by atoms with Crippen LogP contribution in [0, 0.1) is 13.8 Å². The maximum absolute atomic E-state index is 12.0. The third-order valence-electron chi connectivity index (χ3n) is 4.48. The van der Waals surface area contributed by atoms with E-state index in [2.05, 4.69) is 32.3 Å². The van der Waals surface area contributed by atoms with Gasteiger partial charge in [0.05, 0.1) is 12.7 Å². The van der Waals surface area contributed by atoms with Crippen LogP contribution in [0.25, 0.3) is 0 Å². The van der Waals surface area contributed by atoms with Crippen LogP contribution in [-0.2, 0) is 11.3 Å². The Morgan fingerprint density at radius 3 is 2.96 bits per heavy atom. The molecule has 1 atom stereocenters. The van der Waals surface area contributed by atoms with Crippen molar-refractivity contribution in [2.45, 2.75) is 39.3 Å². The van der Waals surface area contributed by atoms with Crippen molar-refractivity contribution in [1.29, 1.82) is 0 Å². The van der Waals surface area contributed by atoms with Crippen LogP contribution in [-0.4, -0.2) is 58.6 Å². The first-order valence-corrected chi connectivity index (χ1v) is 8.56. The van der Waals surface area contributed by atoms with Gasteiger partial charge in [-0.15, -0.1) is 0 Å². The molecule has 1 amide bonds. The standard InChI is InChI=1S/C17H25N5O3/c1-12-8-15(20-25-12)19-16(23)5-7-22-6-4-14(10-22)21(3)11-17-18-9-13(2)24-17/h8-9,14H,4-7,10-11H2,1-3H3,(H,19,20,23)/t14-/m0/s1. The smallest absolute Gasteiger partial charge is 0.226 e. The molecular formula is C17H25N5O3. The van der Waals surface area contributed by atoms with Gasteiger partial charge in [0.2, 0.25) is 11.8 Å². The Morgan fingerprint density at radius 1 is 1.44 bits per heavy atom. The predicted octanol–water partition coefficient (Wildman–Crippen LogP) is 1.81. The van der Waals surface area contributed by atoms with Crippen LogP contribution in [0.3, 0.4) is 0 Å². The zero-order valence-electron chi connectivity index (χ0n) is 15.0. The van der Waals surface area contributed by atoms with Crippen LogP contribution < -0.4 is 5.32 Å². The van der Waals surface area contributed by atoms with E-state index < -0.39 is 0 Å². The highest BCUT2D eigenvalue weighted by molar-refractivity contribution is 5.89. The number of rotatable bonds is 7. The number of nitrogens with one attached hydrogen (secondary N) is 1. The number of aromatic nitrogens is 2. The number of carbonyl (C=O) groups excluding carboxylic acids is 1. The van der Waals surface area contributed by atoms with Gasteiger partial charge < -0.3 is 19.2 Å². The lowest BCUT2D eigenvalue weighted by Gasteiger charge is -2.23. The fourth-order valence-corrected chi connectivity index (χ4v) is 3.08. The number of anilines is 1. The monoisotopic (exact) mass is 347 g/mol. The number of oxazole rings is 1. The summed E-state index contributed by atoms with van der Waals surface area (Å²) in [7, 11) is 2.09. The third-order valence-corrected chi connectivity index (χ3v) is 4.48. The molecular weight excluding hydrogens is 322 g/mol. The van der Waals surface area contributed by atoms with Crippen LogP contribution in [0.15, 0.2) is 21.2 Å². The molecule has 0 spiro atoms. The molecule has 1 aliphatic heterocycles. The van der Waals surface area contributed by atoms with Crippen LogP contribution in [0.4, 0.5) is 5.82 Å². The highest BCUT2D eigenvalue weighted by atomic mass is 16.5. The van der Waals surface area contributed by atoms with E-state index in [0.29, 0.717) is 30.6 Å². The number of carbonyl (C=O) groups is 1. The van der Waals surface area contributed by atoms with E-state index >= 15 is 0 Å². The predicted molar refractivity (Wildman–Crippen MR) is 92.0 cm³/mol. The summed E-state index contributed by atoms with van der Waals surface area (Å²) in [5, 5.41) is 6.52. The van der Waals surface area contributed by atoms with E-state index in [1.807, 2.05) is 6.92 Å². The van der Waals surface area contributed by atoms with E-state index in [-0.39, 0.29) is 5.91 Å². The molecule has 0 saturated carbocycles. The lowest BCUT2D eigenvalue weighted by Crippen LogP contribution is -2.35. The molecule has 0 unspecified atom stereocenters. The van der Waals surface area contributed by atoms with Gasteiger partial charge in [0.1, 0.15) is 11.5 Å². The SMILES string of the molecule is Cc1cc(NC(=O)CCN2CC[C@H](N(C)Cc3ncc(C)o3)C2)no1. The summed E-state index contributed by atoms with van der Waals surface area (Å²) in [6.07, 6.45) is 3.28. The summed E-state index contributed by atoms with van der Waals surface area (Å²) in [4.78, 5) is 20.8. The molecule has 136 valence electrons. The molecule has 1 saturated heterocycles. The number of hydrogen-bond acceptors (Lipinski definition) is 7. The molecule has 1 fully saturated rings. The largest absolute Gasteiger partial charge is 0.445 e. The molecule has 25 heavy (non-hydrogen) atoms. The number of nitrogens with zero attached hydrogens (tertiary/aromatic N) is 4. The second-order valence-electron chi connectivity index (χ2n) is 6.64. The quantitative estimate of drug-likeness (QED) is 0.817. The lowest BCUT2D eigenvalue weighted by atomic mass is 10.2. The minimum absolute atomic E-state index is 0.0413. The molecule has 2 aromatic heterocycles.